The van der Waals surface area contributed by atoms with Crippen molar-refractivity contribution in [2.45, 2.75) is 39.7 Å². The van der Waals surface area contributed by atoms with E-state index >= 15 is 0 Å². The minimum absolute atomic E-state index is 0.348. The van der Waals surface area contributed by atoms with Gasteiger partial charge in [0, 0.05) is 18.4 Å². The van der Waals surface area contributed by atoms with Gasteiger partial charge in [0.2, 0.25) is 0 Å². The molecule has 0 spiro atoms. The van der Waals surface area contributed by atoms with Gasteiger partial charge in [0.05, 0.1) is 1.37 Å². The van der Waals surface area contributed by atoms with Gasteiger partial charge in [0.1, 0.15) is 0 Å². The number of hydrogen-bond acceptors (Lipinski definition) is 0. The van der Waals surface area contributed by atoms with Crippen LogP contribution in [-0.4, -0.2) is 4.57 Å². The molecule has 0 aromatic carbocycles. The summed E-state index contributed by atoms with van der Waals surface area (Å²) in [6.45, 7) is 8.73. The Hall–Kier alpha value is -0.980. The van der Waals surface area contributed by atoms with Gasteiger partial charge >= 0.3 is 0 Å². The smallest absolute Gasteiger partial charge is 0.0579 e. The average Bonchev–Trinajstić information content (AvgIpc) is 2.58. The van der Waals surface area contributed by atoms with E-state index in [9.17, 15) is 0 Å². The van der Waals surface area contributed by atoms with Gasteiger partial charge in [-0.15, -0.1) is 0 Å². The molecule has 1 heteroatoms. The molecular formula is C13H19N. The molecule has 14 heavy (non-hydrogen) atoms. The fourth-order valence-corrected chi connectivity index (χ4v) is 1.94. The van der Waals surface area contributed by atoms with Crippen LogP contribution in [0.2, 0.25) is 0 Å². The zero-order valence-corrected chi connectivity index (χ0v) is 9.41. The van der Waals surface area contributed by atoms with Crippen LogP contribution in [0.25, 0.3) is 6.08 Å². The maximum atomic E-state index is 7.91. The zero-order chi connectivity index (χ0) is 11.2. The molecule has 2 unspecified atom stereocenters. The summed E-state index contributed by atoms with van der Waals surface area (Å²) < 4.78 is 10.1. The third kappa shape index (κ3) is 1.41. The van der Waals surface area contributed by atoms with Crippen LogP contribution in [0, 0.1) is 5.92 Å². The van der Waals surface area contributed by atoms with Gasteiger partial charge in [0.15, 0.2) is 0 Å². The highest BCUT2D eigenvalue weighted by Gasteiger charge is 2.20. The molecule has 2 atom stereocenters. The average molecular weight is 190 g/mol. The Morgan fingerprint density at radius 2 is 2.07 bits per heavy atom. The minimum atomic E-state index is 0.348. The van der Waals surface area contributed by atoms with E-state index in [1.165, 1.54) is 11.1 Å². The number of nitrogens with zero attached hydrogens (tertiary/aromatic N) is 1. The molecule has 2 rings (SSSR count). The highest BCUT2D eigenvalue weighted by atomic mass is 15.0. The first-order valence-electron chi connectivity index (χ1n) is 5.90. The first-order valence-corrected chi connectivity index (χ1v) is 5.40. The fourth-order valence-electron chi connectivity index (χ4n) is 1.94. The molecule has 0 N–H and O–H groups in total. The fraction of sp³-hybridized carbons (Fsp3) is 0.538. The molecule has 0 aliphatic heterocycles. The van der Waals surface area contributed by atoms with Gasteiger partial charge in [-0.2, -0.15) is 0 Å². The predicted octanol–water partition coefficient (Wildman–Crippen LogP) is 3.84. The van der Waals surface area contributed by atoms with Crippen LogP contribution in [0.3, 0.4) is 0 Å². The van der Waals surface area contributed by atoms with Crippen LogP contribution >= 0.6 is 0 Å². The lowest BCUT2D eigenvalue weighted by molar-refractivity contribution is 0.574. The van der Waals surface area contributed by atoms with Gasteiger partial charge in [-0.1, -0.05) is 26.0 Å². The lowest BCUT2D eigenvalue weighted by atomic mass is 9.84. The van der Waals surface area contributed by atoms with Crippen molar-refractivity contribution in [1.29, 1.82) is 0 Å². The molecule has 1 aliphatic rings. The van der Waals surface area contributed by atoms with Crippen molar-refractivity contribution < 1.29 is 1.37 Å². The van der Waals surface area contributed by atoms with Crippen molar-refractivity contribution in [3.63, 3.8) is 0 Å². The Morgan fingerprint density at radius 1 is 1.36 bits per heavy atom. The van der Waals surface area contributed by atoms with Crippen molar-refractivity contribution in [2.24, 2.45) is 5.92 Å². The van der Waals surface area contributed by atoms with E-state index in [0.717, 1.165) is 6.05 Å². The molecule has 1 heterocycles. The second-order valence-electron chi connectivity index (χ2n) is 4.60. The third-order valence-corrected chi connectivity index (χ3v) is 3.25. The first kappa shape index (κ1) is 8.34. The van der Waals surface area contributed by atoms with Crippen molar-refractivity contribution in [2.75, 3.05) is 0 Å². The monoisotopic (exact) mass is 190 g/mol. The molecule has 0 bridgehead atoms. The molecule has 0 radical (unpaired) electrons. The van der Waals surface area contributed by atoms with Crippen LogP contribution in [0.4, 0.5) is 0 Å². The van der Waals surface area contributed by atoms with Gasteiger partial charge in [0.25, 0.3) is 0 Å². The summed E-state index contributed by atoms with van der Waals surface area (Å²) in [6.07, 6.45) is 6.42. The molecule has 0 amide bonds. The molecule has 0 saturated carbocycles. The Balaban J connectivity index is 2.48. The van der Waals surface area contributed by atoms with E-state index in [-0.39, 0.29) is 0 Å². The highest BCUT2D eigenvalue weighted by molar-refractivity contribution is 5.57. The van der Waals surface area contributed by atoms with E-state index in [1.54, 1.807) is 0 Å². The maximum absolute atomic E-state index is 7.91. The van der Waals surface area contributed by atoms with Crippen molar-refractivity contribution in [3.8, 4) is 0 Å². The number of fused-ring (bicyclic) bond motifs is 1. The van der Waals surface area contributed by atoms with Gasteiger partial charge in [-0.3, -0.25) is 0 Å². The SMILES string of the molecule is [2H]C1=Cc2cn(C(C)C)cc2C(C)C1C. The minimum Gasteiger partial charge on any atom is -0.351 e. The standard InChI is InChI=1S/C13H19N/c1-9(2)14-7-12-6-5-10(3)11(4)13(12)8-14/h5-11H,1-4H3/i5D. The zero-order valence-electron chi connectivity index (χ0n) is 10.4. The van der Waals surface area contributed by atoms with Crippen LogP contribution in [0.1, 0.15) is 52.2 Å². The molecular weight excluding hydrogens is 170 g/mol. The molecule has 1 nitrogen and oxygen atoms in total. The molecule has 1 aromatic rings. The summed E-state index contributed by atoms with van der Waals surface area (Å²) in [4.78, 5) is 0. The number of hydrogen-bond donors (Lipinski definition) is 0. The van der Waals surface area contributed by atoms with E-state index in [2.05, 4.69) is 44.7 Å². The Labute approximate surface area is 87.8 Å². The van der Waals surface area contributed by atoms with E-state index in [4.69, 9.17) is 1.37 Å². The Morgan fingerprint density at radius 3 is 2.71 bits per heavy atom. The van der Waals surface area contributed by atoms with Gasteiger partial charge in [-0.05, 0) is 36.8 Å². The highest BCUT2D eigenvalue weighted by Crippen LogP contribution is 2.34. The normalized spacial score (nSPS) is 27.2. The number of aromatic nitrogens is 1. The Bertz CT molecular complexity index is 401. The first-order chi connectivity index (χ1) is 7.00. The molecule has 1 aromatic heterocycles. The van der Waals surface area contributed by atoms with E-state index in [1.807, 2.05) is 6.08 Å². The van der Waals surface area contributed by atoms with E-state index < -0.39 is 0 Å². The van der Waals surface area contributed by atoms with E-state index in [0.29, 0.717) is 17.9 Å². The lowest BCUT2D eigenvalue weighted by Crippen LogP contribution is -2.07. The van der Waals surface area contributed by atoms with Crippen LogP contribution < -0.4 is 0 Å². The van der Waals surface area contributed by atoms with Gasteiger partial charge in [-0.25, -0.2) is 0 Å². The van der Waals surface area contributed by atoms with Gasteiger partial charge < -0.3 is 4.57 Å². The summed E-state index contributed by atoms with van der Waals surface area (Å²) in [7, 11) is 0. The number of rotatable bonds is 1. The second-order valence-corrected chi connectivity index (χ2v) is 4.60. The van der Waals surface area contributed by atoms with Crippen LogP contribution in [0.15, 0.2) is 18.4 Å². The summed E-state index contributed by atoms with van der Waals surface area (Å²) in [5, 5.41) is 0. The molecule has 76 valence electrons. The lowest BCUT2D eigenvalue weighted by Gasteiger charge is -2.20. The largest absolute Gasteiger partial charge is 0.351 e. The predicted molar refractivity (Wildman–Crippen MR) is 61.4 cm³/mol. The van der Waals surface area contributed by atoms with Crippen molar-refractivity contribution in [1.82, 2.24) is 4.57 Å². The summed E-state index contributed by atoms with van der Waals surface area (Å²) in [5.41, 5.74) is 2.63. The van der Waals surface area contributed by atoms with Crippen LogP contribution in [0.5, 0.6) is 0 Å². The summed E-state index contributed by atoms with van der Waals surface area (Å²) >= 11 is 0. The van der Waals surface area contributed by atoms with Crippen molar-refractivity contribution in [3.05, 3.63) is 29.6 Å². The molecule has 1 aliphatic carbocycles. The summed E-state index contributed by atoms with van der Waals surface area (Å²) in [5.74, 6) is 0.818. The van der Waals surface area contributed by atoms with Crippen molar-refractivity contribution >= 4 is 6.08 Å². The maximum Gasteiger partial charge on any atom is 0.0579 e. The number of allylic oxidation sites excluding steroid dienone is 1. The third-order valence-electron chi connectivity index (χ3n) is 3.25. The molecule has 0 saturated heterocycles. The summed E-state index contributed by atoms with van der Waals surface area (Å²) in [6, 6.07) is 1.26. The Kier molecular flexibility index (Phi) is 1.97. The topological polar surface area (TPSA) is 4.93 Å². The quantitative estimate of drug-likeness (QED) is 0.634. The van der Waals surface area contributed by atoms with Crippen LogP contribution in [-0.2, 0) is 0 Å². The molecule has 0 fully saturated rings. The second kappa shape index (κ2) is 3.30.